The number of benzene rings is 1. The Morgan fingerprint density at radius 3 is 2.61 bits per heavy atom. The molecule has 1 aromatic rings. The SMILES string of the molecule is COc1ccc(CC(C)NCCOC(N)=O)cc1. The normalized spacial score (nSPS) is 11.9. The van der Waals surface area contributed by atoms with Gasteiger partial charge in [-0.25, -0.2) is 4.79 Å². The minimum Gasteiger partial charge on any atom is -0.497 e. The van der Waals surface area contributed by atoms with Gasteiger partial charge in [-0.2, -0.15) is 0 Å². The van der Waals surface area contributed by atoms with Crippen LogP contribution in [0.4, 0.5) is 4.79 Å². The molecular weight excluding hydrogens is 232 g/mol. The van der Waals surface area contributed by atoms with E-state index in [2.05, 4.69) is 17.0 Å². The highest BCUT2D eigenvalue weighted by molar-refractivity contribution is 5.64. The molecule has 0 saturated carbocycles. The fourth-order valence-corrected chi connectivity index (χ4v) is 1.64. The van der Waals surface area contributed by atoms with E-state index in [-0.39, 0.29) is 0 Å². The fraction of sp³-hybridized carbons (Fsp3) is 0.462. The highest BCUT2D eigenvalue weighted by Gasteiger charge is 2.03. The van der Waals surface area contributed by atoms with Crippen molar-refractivity contribution in [3.8, 4) is 5.75 Å². The smallest absolute Gasteiger partial charge is 0.404 e. The maximum Gasteiger partial charge on any atom is 0.404 e. The standard InChI is InChI=1S/C13H20N2O3/c1-10(15-7-8-18-13(14)16)9-11-3-5-12(17-2)6-4-11/h3-6,10,15H,7-9H2,1-2H3,(H2,14,16). The zero-order valence-corrected chi connectivity index (χ0v) is 10.8. The second-order valence-corrected chi connectivity index (χ2v) is 4.07. The Kier molecular flexibility index (Phi) is 6.00. The van der Waals surface area contributed by atoms with Gasteiger partial charge in [-0.05, 0) is 31.0 Å². The van der Waals surface area contributed by atoms with Crippen LogP contribution in [0.2, 0.25) is 0 Å². The van der Waals surface area contributed by atoms with E-state index in [1.807, 2.05) is 24.3 Å². The lowest BCUT2D eigenvalue weighted by Crippen LogP contribution is -2.32. The Bertz CT molecular complexity index is 365. The lowest BCUT2D eigenvalue weighted by Gasteiger charge is -2.13. The molecular formula is C13H20N2O3. The molecule has 0 aromatic heterocycles. The number of carbonyl (C=O) groups excluding carboxylic acids is 1. The van der Waals surface area contributed by atoms with Crippen molar-refractivity contribution in [1.82, 2.24) is 5.32 Å². The van der Waals surface area contributed by atoms with Gasteiger partial charge in [0.1, 0.15) is 12.4 Å². The van der Waals surface area contributed by atoms with E-state index in [0.717, 1.165) is 12.2 Å². The van der Waals surface area contributed by atoms with Gasteiger partial charge in [0.15, 0.2) is 0 Å². The lowest BCUT2D eigenvalue weighted by molar-refractivity contribution is 0.156. The van der Waals surface area contributed by atoms with Crippen LogP contribution >= 0.6 is 0 Å². The van der Waals surface area contributed by atoms with E-state index in [9.17, 15) is 4.79 Å². The van der Waals surface area contributed by atoms with Crippen LogP contribution in [0.25, 0.3) is 0 Å². The van der Waals surface area contributed by atoms with Crippen LogP contribution in [0, 0.1) is 0 Å². The Morgan fingerprint density at radius 1 is 1.39 bits per heavy atom. The maximum absolute atomic E-state index is 10.4. The second-order valence-electron chi connectivity index (χ2n) is 4.07. The predicted molar refractivity (Wildman–Crippen MR) is 69.7 cm³/mol. The van der Waals surface area contributed by atoms with Crippen LogP contribution in [0.1, 0.15) is 12.5 Å². The van der Waals surface area contributed by atoms with E-state index in [1.165, 1.54) is 5.56 Å². The predicted octanol–water partition coefficient (Wildman–Crippen LogP) is 1.31. The first-order valence-electron chi connectivity index (χ1n) is 5.90. The molecule has 3 N–H and O–H groups in total. The summed E-state index contributed by atoms with van der Waals surface area (Å²) in [6.07, 6.45) is 0.167. The molecule has 5 heteroatoms. The van der Waals surface area contributed by atoms with Crippen molar-refractivity contribution in [3.63, 3.8) is 0 Å². The summed E-state index contributed by atoms with van der Waals surface area (Å²) in [6.45, 7) is 2.97. The molecule has 1 atom stereocenters. The van der Waals surface area contributed by atoms with Crippen LogP contribution in [-0.2, 0) is 11.2 Å². The molecule has 0 saturated heterocycles. The quantitative estimate of drug-likeness (QED) is 0.718. The molecule has 0 aliphatic heterocycles. The summed E-state index contributed by atoms with van der Waals surface area (Å²) in [5.41, 5.74) is 6.09. The van der Waals surface area contributed by atoms with Crippen LogP contribution in [-0.4, -0.2) is 32.4 Å². The molecule has 100 valence electrons. The molecule has 18 heavy (non-hydrogen) atoms. The topological polar surface area (TPSA) is 73.6 Å². The summed E-state index contributed by atoms with van der Waals surface area (Å²) >= 11 is 0. The van der Waals surface area contributed by atoms with Crippen LogP contribution < -0.4 is 15.8 Å². The number of methoxy groups -OCH3 is 1. The molecule has 0 aliphatic rings. The Morgan fingerprint density at radius 2 is 2.06 bits per heavy atom. The highest BCUT2D eigenvalue weighted by Crippen LogP contribution is 2.12. The van der Waals surface area contributed by atoms with Gasteiger partial charge in [0.05, 0.1) is 7.11 Å². The van der Waals surface area contributed by atoms with E-state index < -0.39 is 6.09 Å². The molecule has 0 spiro atoms. The summed E-state index contributed by atoms with van der Waals surface area (Å²) in [4.78, 5) is 10.4. The van der Waals surface area contributed by atoms with E-state index >= 15 is 0 Å². The van der Waals surface area contributed by atoms with E-state index in [1.54, 1.807) is 7.11 Å². The minimum atomic E-state index is -0.736. The Labute approximate surface area is 107 Å². The summed E-state index contributed by atoms with van der Waals surface area (Å²) in [7, 11) is 1.65. The molecule has 1 amide bonds. The lowest BCUT2D eigenvalue weighted by atomic mass is 10.1. The van der Waals surface area contributed by atoms with Gasteiger partial charge < -0.3 is 20.5 Å². The summed E-state index contributed by atoms with van der Waals surface area (Å²) in [6, 6.07) is 8.26. The van der Waals surface area contributed by atoms with Gasteiger partial charge in [-0.1, -0.05) is 12.1 Å². The largest absolute Gasteiger partial charge is 0.497 e. The van der Waals surface area contributed by atoms with E-state index in [0.29, 0.717) is 19.2 Å². The molecule has 0 aliphatic carbocycles. The number of carbonyl (C=O) groups is 1. The molecule has 5 nitrogen and oxygen atoms in total. The second kappa shape index (κ2) is 7.55. The van der Waals surface area contributed by atoms with Gasteiger partial charge in [-0.3, -0.25) is 0 Å². The molecule has 1 rings (SSSR count). The maximum atomic E-state index is 10.4. The Hall–Kier alpha value is -1.75. The average molecular weight is 252 g/mol. The highest BCUT2D eigenvalue weighted by atomic mass is 16.5. The van der Waals surface area contributed by atoms with Crippen molar-refractivity contribution in [3.05, 3.63) is 29.8 Å². The van der Waals surface area contributed by atoms with Gasteiger partial charge in [0.2, 0.25) is 0 Å². The van der Waals surface area contributed by atoms with Crippen LogP contribution in [0.15, 0.2) is 24.3 Å². The number of primary amides is 1. The molecule has 0 radical (unpaired) electrons. The van der Waals surface area contributed by atoms with Crippen molar-refractivity contribution < 1.29 is 14.3 Å². The van der Waals surface area contributed by atoms with Gasteiger partial charge >= 0.3 is 6.09 Å². The third-order valence-electron chi connectivity index (χ3n) is 2.54. The number of nitrogens with one attached hydrogen (secondary N) is 1. The van der Waals surface area contributed by atoms with Crippen molar-refractivity contribution in [1.29, 1.82) is 0 Å². The van der Waals surface area contributed by atoms with Gasteiger partial charge in [0, 0.05) is 12.6 Å². The number of ether oxygens (including phenoxy) is 2. The Balaban J connectivity index is 2.26. The van der Waals surface area contributed by atoms with Gasteiger partial charge in [0.25, 0.3) is 0 Å². The zero-order chi connectivity index (χ0) is 13.4. The number of hydrogen-bond donors (Lipinski definition) is 2. The molecule has 1 aromatic carbocycles. The third-order valence-corrected chi connectivity index (χ3v) is 2.54. The molecule has 1 unspecified atom stereocenters. The molecule has 0 bridgehead atoms. The van der Waals surface area contributed by atoms with Crippen molar-refractivity contribution in [2.75, 3.05) is 20.3 Å². The average Bonchev–Trinajstić information content (AvgIpc) is 2.35. The number of rotatable bonds is 7. The number of nitrogens with two attached hydrogens (primary N) is 1. The first-order valence-corrected chi connectivity index (χ1v) is 5.90. The first kappa shape index (κ1) is 14.3. The molecule has 0 heterocycles. The molecule has 0 fully saturated rings. The summed E-state index contributed by atoms with van der Waals surface area (Å²) in [5, 5.41) is 3.25. The fourth-order valence-electron chi connectivity index (χ4n) is 1.64. The minimum absolute atomic E-state index is 0.294. The van der Waals surface area contributed by atoms with Crippen LogP contribution in [0.3, 0.4) is 0 Å². The summed E-state index contributed by atoms with van der Waals surface area (Å²) < 4.78 is 9.73. The van der Waals surface area contributed by atoms with Crippen LogP contribution in [0.5, 0.6) is 5.75 Å². The van der Waals surface area contributed by atoms with Crippen molar-refractivity contribution in [2.45, 2.75) is 19.4 Å². The van der Waals surface area contributed by atoms with Gasteiger partial charge in [-0.15, -0.1) is 0 Å². The monoisotopic (exact) mass is 252 g/mol. The number of amides is 1. The van der Waals surface area contributed by atoms with Crippen molar-refractivity contribution >= 4 is 6.09 Å². The van der Waals surface area contributed by atoms with Crippen molar-refractivity contribution in [2.24, 2.45) is 5.73 Å². The zero-order valence-electron chi connectivity index (χ0n) is 10.8. The summed E-state index contributed by atoms with van der Waals surface area (Å²) in [5.74, 6) is 0.856. The third kappa shape index (κ3) is 5.54. The number of hydrogen-bond acceptors (Lipinski definition) is 4. The first-order chi connectivity index (χ1) is 8.61. The van der Waals surface area contributed by atoms with E-state index in [4.69, 9.17) is 10.5 Å².